The van der Waals surface area contributed by atoms with E-state index in [2.05, 4.69) is 45.2 Å². The van der Waals surface area contributed by atoms with Crippen molar-refractivity contribution in [2.75, 3.05) is 13.1 Å². The third-order valence-corrected chi connectivity index (χ3v) is 7.49. The molecule has 0 bridgehead atoms. The highest BCUT2D eigenvalue weighted by Crippen LogP contribution is 2.44. The Kier molecular flexibility index (Phi) is 4.90. The van der Waals surface area contributed by atoms with Crippen molar-refractivity contribution >= 4 is 16.9 Å². The predicted molar refractivity (Wildman–Crippen MR) is 130 cm³/mol. The van der Waals surface area contributed by atoms with Crippen molar-refractivity contribution < 1.29 is 4.79 Å². The summed E-state index contributed by atoms with van der Waals surface area (Å²) in [6, 6.07) is 14.4. The van der Waals surface area contributed by atoms with Gasteiger partial charge in [0.1, 0.15) is 0 Å². The minimum atomic E-state index is -0.0902. The predicted octanol–water partition coefficient (Wildman–Crippen LogP) is 4.13. The maximum atomic E-state index is 13.1. The van der Waals surface area contributed by atoms with E-state index in [0.29, 0.717) is 0 Å². The lowest BCUT2D eigenvalue weighted by molar-refractivity contribution is 0.201. The summed E-state index contributed by atoms with van der Waals surface area (Å²) in [6.07, 6.45) is 5.68. The molecule has 0 saturated carbocycles. The molecule has 5 heterocycles. The largest absolute Gasteiger partial charge is 0.330 e. The number of carbonyl (C=O) groups is 1. The van der Waals surface area contributed by atoms with Crippen molar-refractivity contribution in [2.24, 2.45) is 0 Å². The minimum Gasteiger partial charge on any atom is -0.330 e. The van der Waals surface area contributed by atoms with Gasteiger partial charge in [-0.2, -0.15) is 10.2 Å². The Bertz CT molecular complexity index is 1370. The first-order valence-electron chi connectivity index (χ1n) is 12.1. The van der Waals surface area contributed by atoms with Gasteiger partial charge in [0.05, 0.1) is 22.9 Å². The van der Waals surface area contributed by atoms with Crippen LogP contribution in [0.1, 0.15) is 44.1 Å². The van der Waals surface area contributed by atoms with Gasteiger partial charge < -0.3 is 10.2 Å². The number of nitrogens with one attached hydrogen (secondary N) is 1. The molecule has 0 radical (unpaired) electrons. The number of pyridine rings is 1. The lowest BCUT2D eigenvalue weighted by Crippen LogP contribution is -2.41. The van der Waals surface area contributed by atoms with Gasteiger partial charge in [-0.1, -0.05) is 18.2 Å². The van der Waals surface area contributed by atoms with Crippen molar-refractivity contribution in [1.29, 1.82) is 0 Å². The summed E-state index contributed by atoms with van der Waals surface area (Å²) >= 11 is 0. The number of nitrogens with zero attached hydrogens (tertiary/aromatic N) is 6. The first kappa shape index (κ1) is 20.9. The number of para-hydroxylation sites is 1. The van der Waals surface area contributed by atoms with Crippen LogP contribution in [0, 0.1) is 0 Å². The van der Waals surface area contributed by atoms with E-state index in [1.165, 1.54) is 5.69 Å². The summed E-state index contributed by atoms with van der Waals surface area (Å²) in [5.74, 6) is 0. The molecule has 8 heteroatoms. The summed E-state index contributed by atoms with van der Waals surface area (Å²) in [4.78, 5) is 19.7. The summed E-state index contributed by atoms with van der Waals surface area (Å²) < 4.78 is 4.06. The number of benzene rings is 1. The van der Waals surface area contributed by atoms with Gasteiger partial charge >= 0.3 is 6.03 Å². The van der Waals surface area contributed by atoms with Gasteiger partial charge in [-0.3, -0.25) is 14.3 Å². The van der Waals surface area contributed by atoms with E-state index in [1.54, 1.807) is 6.20 Å². The maximum absolute atomic E-state index is 13.1. The van der Waals surface area contributed by atoms with E-state index in [0.717, 1.165) is 66.9 Å². The van der Waals surface area contributed by atoms with Crippen molar-refractivity contribution in [3.63, 3.8) is 0 Å². The molecule has 8 nitrogen and oxygen atoms in total. The number of rotatable bonds is 4. The van der Waals surface area contributed by atoms with Crippen LogP contribution in [0.15, 0.2) is 54.9 Å². The Morgan fingerprint density at radius 2 is 2.03 bits per heavy atom. The molecule has 2 aliphatic heterocycles. The number of carbonyl (C=O) groups excluding carboxylic acids is 1. The zero-order valence-electron chi connectivity index (χ0n) is 19.6. The number of fused-ring (bicyclic) bond motifs is 3. The normalized spacial score (nSPS) is 20.2. The van der Waals surface area contributed by atoms with Crippen LogP contribution in [0.25, 0.3) is 22.2 Å². The third-order valence-electron chi connectivity index (χ3n) is 7.49. The Labute approximate surface area is 198 Å². The number of likely N-dealkylation sites (tertiary alicyclic amines) is 1. The van der Waals surface area contributed by atoms with Crippen LogP contribution < -0.4 is 5.32 Å². The Balaban J connectivity index is 1.20. The number of aromatic nitrogens is 5. The van der Waals surface area contributed by atoms with Crippen LogP contribution in [0.2, 0.25) is 0 Å². The maximum Gasteiger partial charge on any atom is 0.317 e. The van der Waals surface area contributed by atoms with Crippen molar-refractivity contribution in [1.82, 2.24) is 34.8 Å². The second kappa shape index (κ2) is 7.97. The molecule has 3 aromatic heterocycles. The molecule has 1 fully saturated rings. The highest BCUT2D eigenvalue weighted by molar-refractivity contribution is 5.82. The van der Waals surface area contributed by atoms with Crippen molar-refractivity contribution in [3.05, 3.63) is 66.2 Å². The number of hydrogen-bond acceptors (Lipinski definition) is 4. The second-order valence-corrected chi connectivity index (χ2v) is 9.50. The average Bonchev–Trinajstić information content (AvgIpc) is 3.64. The minimum absolute atomic E-state index is 0.00912. The lowest BCUT2D eigenvalue weighted by Gasteiger charge is -2.25. The smallest absolute Gasteiger partial charge is 0.317 e. The van der Waals surface area contributed by atoms with Crippen LogP contribution in [0.3, 0.4) is 0 Å². The molecule has 1 aromatic carbocycles. The molecule has 1 saturated heterocycles. The summed E-state index contributed by atoms with van der Waals surface area (Å²) in [5.41, 5.74) is 5.21. The fraction of sp³-hybridized carbons (Fsp3) is 0.385. The van der Waals surface area contributed by atoms with Crippen molar-refractivity contribution in [2.45, 2.75) is 51.2 Å². The van der Waals surface area contributed by atoms with Gasteiger partial charge in [0, 0.05) is 60.6 Å². The van der Waals surface area contributed by atoms with Gasteiger partial charge in [0.15, 0.2) is 0 Å². The molecule has 0 aliphatic carbocycles. The first-order valence-corrected chi connectivity index (χ1v) is 12.1. The van der Waals surface area contributed by atoms with Crippen LogP contribution in [-0.2, 0) is 18.5 Å². The summed E-state index contributed by atoms with van der Waals surface area (Å²) in [5, 5.41) is 13.5. The first-order chi connectivity index (χ1) is 16.6. The molecule has 6 rings (SSSR count). The van der Waals surface area contributed by atoms with Crippen molar-refractivity contribution in [3.8, 4) is 11.3 Å². The van der Waals surface area contributed by atoms with Crippen LogP contribution in [0.5, 0.6) is 0 Å². The van der Waals surface area contributed by atoms with E-state index in [1.807, 2.05) is 47.0 Å². The van der Waals surface area contributed by atoms with E-state index in [-0.39, 0.29) is 17.5 Å². The molecule has 4 aromatic rings. The lowest BCUT2D eigenvalue weighted by atomic mass is 9.82. The summed E-state index contributed by atoms with van der Waals surface area (Å²) in [6.45, 7) is 7.22. The molecule has 1 unspecified atom stereocenters. The highest BCUT2D eigenvalue weighted by atomic mass is 16.2. The van der Waals surface area contributed by atoms with Gasteiger partial charge in [0.2, 0.25) is 0 Å². The monoisotopic (exact) mass is 455 g/mol. The number of hydrogen-bond donors (Lipinski definition) is 1. The van der Waals surface area contributed by atoms with Gasteiger partial charge in [0.25, 0.3) is 0 Å². The molecular formula is C26H29N7O. The topological polar surface area (TPSA) is 80.9 Å². The zero-order valence-corrected chi connectivity index (χ0v) is 19.6. The second-order valence-electron chi connectivity index (χ2n) is 9.50. The van der Waals surface area contributed by atoms with E-state index >= 15 is 0 Å². The molecule has 174 valence electrons. The van der Waals surface area contributed by atoms with E-state index in [4.69, 9.17) is 5.10 Å². The zero-order chi connectivity index (χ0) is 23.3. The van der Waals surface area contributed by atoms with Crippen LogP contribution in [-0.4, -0.2) is 48.6 Å². The highest BCUT2D eigenvalue weighted by Gasteiger charge is 2.47. The van der Waals surface area contributed by atoms with Gasteiger partial charge in [-0.05, 0) is 51.0 Å². The molecule has 1 N–H and O–H groups in total. The quantitative estimate of drug-likeness (QED) is 0.502. The van der Waals surface area contributed by atoms with Gasteiger partial charge in [-0.15, -0.1) is 0 Å². The van der Waals surface area contributed by atoms with E-state index in [9.17, 15) is 4.79 Å². The third kappa shape index (κ3) is 3.36. The van der Waals surface area contributed by atoms with Crippen LogP contribution >= 0.6 is 0 Å². The molecule has 2 aliphatic rings. The fourth-order valence-corrected chi connectivity index (χ4v) is 5.60. The molecular weight excluding hydrogens is 426 g/mol. The van der Waals surface area contributed by atoms with E-state index < -0.39 is 0 Å². The Morgan fingerprint density at radius 1 is 1.18 bits per heavy atom. The Morgan fingerprint density at radius 3 is 2.91 bits per heavy atom. The van der Waals surface area contributed by atoms with Crippen LogP contribution in [0.4, 0.5) is 4.79 Å². The molecule has 34 heavy (non-hydrogen) atoms. The molecule has 2 amide bonds. The van der Waals surface area contributed by atoms with Gasteiger partial charge in [-0.25, -0.2) is 4.79 Å². The standard InChI is InChI=1S/C26H29N7O/c1-3-32-23(8-11-28-32)18(2)29-25(34)31-12-9-26(17-31)10-13-33-24(26)15-22(30-33)20-14-19-6-4-5-7-21(19)27-16-20/h4-8,11,14-16,18H,3,9-10,12-13,17H2,1-2H3,(H,29,34)/t18-,26?/m1/s1. The number of aryl methyl sites for hydroxylation is 2. The Hall–Kier alpha value is -3.68. The number of urea groups is 1. The molecule has 2 atom stereocenters. The molecule has 1 spiro atoms. The number of amides is 2. The summed E-state index contributed by atoms with van der Waals surface area (Å²) in [7, 11) is 0. The average molecular weight is 456 g/mol. The SMILES string of the molecule is CCn1nccc1[C@@H](C)NC(=O)N1CCC2(CCn3nc(-c4cnc5ccccc5c4)cc32)C1. The fourth-order valence-electron chi connectivity index (χ4n) is 5.60.